The van der Waals surface area contributed by atoms with Gasteiger partial charge in [0, 0.05) is 13.6 Å². The first-order valence-corrected chi connectivity index (χ1v) is 7.64. The molecule has 0 fully saturated rings. The molecule has 0 aliphatic carbocycles. The summed E-state index contributed by atoms with van der Waals surface area (Å²) in [5.41, 5.74) is 1.97. The van der Waals surface area contributed by atoms with Crippen LogP contribution in [0.3, 0.4) is 0 Å². The molecule has 2 rings (SSSR count). The van der Waals surface area contributed by atoms with Crippen molar-refractivity contribution in [3.8, 4) is 5.75 Å². The third-order valence-electron chi connectivity index (χ3n) is 3.46. The average molecular weight is 461 g/mol. The summed E-state index contributed by atoms with van der Waals surface area (Å²) in [7, 11) is 1.68. The maximum atomic E-state index is 12.3. The normalized spacial score (nSPS) is 12.3. The molecule has 136 valence electrons. The van der Waals surface area contributed by atoms with Gasteiger partial charge in [0.25, 0.3) is 0 Å². The molecule has 25 heavy (non-hydrogen) atoms. The van der Waals surface area contributed by atoms with E-state index in [9.17, 15) is 8.78 Å². The summed E-state index contributed by atoms with van der Waals surface area (Å²) in [4.78, 5) is 4.18. The zero-order chi connectivity index (χ0) is 17.4. The lowest BCUT2D eigenvalue weighted by Gasteiger charge is -2.18. The second-order valence-electron chi connectivity index (χ2n) is 5.23. The minimum absolute atomic E-state index is 0. The van der Waals surface area contributed by atoms with Crippen molar-refractivity contribution in [2.45, 2.75) is 26.1 Å². The van der Waals surface area contributed by atoms with Crippen LogP contribution in [-0.4, -0.2) is 19.6 Å². The van der Waals surface area contributed by atoms with Gasteiger partial charge in [0.1, 0.15) is 5.75 Å². The van der Waals surface area contributed by atoms with E-state index in [1.54, 1.807) is 19.2 Å². The van der Waals surface area contributed by atoms with E-state index >= 15 is 0 Å². The number of hydrogen-bond donors (Lipinski definition) is 2. The average Bonchev–Trinajstić information content (AvgIpc) is 2.59. The molecule has 0 heterocycles. The van der Waals surface area contributed by atoms with Crippen LogP contribution in [0.2, 0.25) is 0 Å². The largest absolute Gasteiger partial charge is 0.435 e. The molecule has 0 amide bonds. The molecular weight excluding hydrogens is 439 g/mol. The summed E-state index contributed by atoms with van der Waals surface area (Å²) in [5.74, 6) is 0.774. The number of rotatable bonds is 6. The Morgan fingerprint density at radius 2 is 1.84 bits per heavy atom. The molecule has 1 unspecified atom stereocenters. The first-order chi connectivity index (χ1) is 11.6. The number of nitrogens with zero attached hydrogens (tertiary/aromatic N) is 1. The molecule has 0 saturated carbocycles. The highest BCUT2D eigenvalue weighted by Crippen LogP contribution is 2.16. The SMILES string of the molecule is CN=C(NCc1cccc(OC(F)F)c1)NC(C)c1ccccc1.I. The van der Waals surface area contributed by atoms with Crippen molar-refractivity contribution in [3.63, 3.8) is 0 Å². The molecule has 0 aliphatic rings. The third kappa shape index (κ3) is 7.25. The van der Waals surface area contributed by atoms with E-state index in [1.165, 1.54) is 6.07 Å². The number of aliphatic imine (C=N–C) groups is 1. The Hall–Kier alpha value is -1.90. The van der Waals surface area contributed by atoms with E-state index in [0.717, 1.165) is 11.1 Å². The molecule has 2 N–H and O–H groups in total. The second-order valence-corrected chi connectivity index (χ2v) is 5.23. The Bertz CT molecular complexity index is 668. The van der Waals surface area contributed by atoms with E-state index in [2.05, 4.69) is 20.4 Å². The maximum absolute atomic E-state index is 12.3. The minimum Gasteiger partial charge on any atom is -0.435 e. The van der Waals surface area contributed by atoms with E-state index in [4.69, 9.17) is 0 Å². The highest BCUT2D eigenvalue weighted by Gasteiger charge is 2.08. The summed E-state index contributed by atoms with van der Waals surface area (Å²) in [6.45, 7) is -0.338. The van der Waals surface area contributed by atoms with Crippen molar-refractivity contribution in [3.05, 3.63) is 65.7 Å². The van der Waals surface area contributed by atoms with Crippen LogP contribution in [0.4, 0.5) is 8.78 Å². The van der Waals surface area contributed by atoms with Crippen molar-refractivity contribution in [2.75, 3.05) is 7.05 Å². The number of alkyl halides is 2. The van der Waals surface area contributed by atoms with Crippen molar-refractivity contribution >= 4 is 29.9 Å². The van der Waals surface area contributed by atoms with E-state index < -0.39 is 6.61 Å². The Morgan fingerprint density at radius 3 is 2.48 bits per heavy atom. The summed E-state index contributed by atoms with van der Waals surface area (Å²) >= 11 is 0. The quantitative estimate of drug-likeness (QED) is 0.383. The van der Waals surface area contributed by atoms with Crippen molar-refractivity contribution in [2.24, 2.45) is 4.99 Å². The number of halogens is 3. The van der Waals surface area contributed by atoms with Crippen LogP contribution >= 0.6 is 24.0 Å². The zero-order valence-corrected chi connectivity index (χ0v) is 16.4. The molecular formula is C18H22F2IN3O. The fourth-order valence-corrected chi connectivity index (χ4v) is 2.24. The lowest BCUT2D eigenvalue weighted by atomic mass is 10.1. The lowest BCUT2D eigenvalue weighted by Crippen LogP contribution is -2.38. The number of hydrogen-bond acceptors (Lipinski definition) is 2. The van der Waals surface area contributed by atoms with Crippen LogP contribution in [0.15, 0.2) is 59.6 Å². The Balaban J connectivity index is 0.00000312. The van der Waals surface area contributed by atoms with Crippen molar-refractivity contribution in [1.82, 2.24) is 10.6 Å². The smallest absolute Gasteiger partial charge is 0.387 e. The van der Waals surface area contributed by atoms with Gasteiger partial charge in [-0.25, -0.2) is 0 Å². The highest BCUT2D eigenvalue weighted by molar-refractivity contribution is 14.0. The van der Waals surface area contributed by atoms with E-state index in [-0.39, 0.29) is 35.8 Å². The number of nitrogens with one attached hydrogen (secondary N) is 2. The predicted octanol–water partition coefficient (Wildman–Crippen LogP) is 4.33. The van der Waals surface area contributed by atoms with Gasteiger partial charge in [-0.05, 0) is 30.2 Å². The fourth-order valence-electron chi connectivity index (χ4n) is 2.24. The molecule has 1 atom stereocenters. The molecule has 0 aliphatic heterocycles. The predicted molar refractivity (Wildman–Crippen MR) is 107 cm³/mol. The second kappa shape index (κ2) is 10.9. The summed E-state index contributed by atoms with van der Waals surface area (Å²) in [5, 5.41) is 6.45. The molecule has 4 nitrogen and oxygen atoms in total. The zero-order valence-electron chi connectivity index (χ0n) is 14.1. The Morgan fingerprint density at radius 1 is 1.12 bits per heavy atom. The molecule has 7 heteroatoms. The molecule has 0 bridgehead atoms. The van der Waals surface area contributed by atoms with Crippen LogP contribution in [0.25, 0.3) is 0 Å². The standard InChI is InChI=1S/C18H21F2N3O.HI/c1-13(15-8-4-3-5-9-15)23-18(21-2)22-12-14-7-6-10-16(11-14)24-17(19)20;/h3-11,13,17H,12H2,1-2H3,(H2,21,22,23);1H. The van der Waals surface area contributed by atoms with Gasteiger partial charge in [-0.1, -0.05) is 42.5 Å². The lowest BCUT2D eigenvalue weighted by molar-refractivity contribution is -0.0498. The van der Waals surface area contributed by atoms with Crippen LogP contribution in [0, 0.1) is 0 Å². The van der Waals surface area contributed by atoms with Gasteiger partial charge in [-0.3, -0.25) is 4.99 Å². The first kappa shape index (κ1) is 21.1. The van der Waals surface area contributed by atoms with E-state index in [0.29, 0.717) is 12.5 Å². The van der Waals surface area contributed by atoms with Gasteiger partial charge >= 0.3 is 6.61 Å². The molecule has 0 saturated heterocycles. The Kier molecular flexibility index (Phi) is 9.18. The summed E-state index contributed by atoms with van der Waals surface area (Å²) in [6.07, 6.45) is 0. The van der Waals surface area contributed by atoms with Crippen LogP contribution in [-0.2, 0) is 6.54 Å². The van der Waals surface area contributed by atoms with Gasteiger partial charge in [0.15, 0.2) is 5.96 Å². The molecule has 0 spiro atoms. The monoisotopic (exact) mass is 461 g/mol. The summed E-state index contributed by atoms with van der Waals surface area (Å²) in [6, 6.07) is 16.7. The number of benzene rings is 2. The van der Waals surface area contributed by atoms with Gasteiger partial charge in [-0.2, -0.15) is 8.78 Å². The van der Waals surface area contributed by atoms with Crippen molar-refractivity contribution < 1.29 is 13.5 Å². The number of guanidine groups is 1. The van der Waals surface area contributed by atoms with Gasteiger partial charge in [0.2, 0.25) is 0 Å². The maximum Gasteiger partial charge on any atom is 0.387 e. The molecule has 2 aromatic carbocycles. The van der Waals surface area contributed by atoms with Gasteiger partial charge in [-0.15, -0.1) is 24.0 Å². The topological polar surface area (TPSA) is 45.7 Å². The number of ether oxygens (including phenoxy) is 1. The van der Waals surface area contributed by atoms with Gasteiger partial charge < -0.3 is 15.4 Å². The first-order valence-electron chi connectivity index (χ1n) is 7.64. The Labute approximate surface area is 163 Å². The van der Waals surface area contributed by atoms with Crippen LogP contribution in [0.5, 0.6) is 5.75 Å². The third-order valence-corrected chi connectivity index (χ3v) is 3.46. The molecule has 0 aromatic heterocycles. The van der Waals surface area contributed by atoms with Crippen LogP contribution in [0.1, 0.15) is 24.1 Å². The molecule has 2 aromatic rings. The van der Waals surface area contributed by atoms with E-state index in [1.807, 2.05) is 43.3 Å². The minimum atomic E-state index is -2.82. The molecule has 0 radical (unpaired) electrons. The van der Waals surface area contributed by atoms with Crippen molar-refractivity contribution in [1.29, 1.82) is 0 Å². The fraction of sp³-hybridized carbons (Fsp3) is 0.278. The van der Waals surface area contributed by atoms with Crippen LogP contribution < -0.4 is 15.4 Å². The van der Waals surface area contributed by atoms with Gasteiger partial charge in [0.05, 0.1) is 6.04 Å². The highest BCUT2D eigenvalue weighted by atomic mass is 127. The summed E-state index contributed by atoms with van der Waals surface area (Å²) < 4.78 is 28.9.